The molecule has 0 fully saturated rings. The van der Waals surface area contributed by atoms with E-state index in [-0.39, 0.29) is 5.91 Å². The number of nitrogens with zero attached hydrogens (tertiary/aromatic N) is 1. The summed E-state index contributed by atoms with van der Waals surface area (Å²) in [6.07, 6.45) is 0. The maximum Gasteiger partial charge on any atom is 0.267 e. The Morgan fingerprint density at radius 3 is 2.62 bits per heavy atom. The number of hydrogen-bond donors (Lipinski definition) is 1. The normalized spacial score (nSPS) is 26.2. The number of nitrogens with one attached hydrogen (secondary N) is 1. The summed E-state index contributed by atoms with van der Waals surface area (Å²) in [7, 11) is -1.66. The molecule has 1 aromatic carbocycles. The lowest BCUT2D eigenvalue weighted by molar-refractivity contribution is 0.0893. The van der Waals surface area contributed by atoms with Crippen LogP contribution < -0.4 is 0 Å². The van der Waals surface area contributed by atoms with Crippen LogP contribution in [0.15, 0.2) is 29.2 Å². The molecule has 0 saturated carbocycles. The Morgan fingerprint density at radius 1 is 1.38 bits per heavy atom. The first kappa shape index (κ1) is 8.25. The number of amides is 1. The number of carbonyl (C=O) groups excluding carboxylic acids is 1. The molecule has 0 radical (unpaired) electrons. The van der Waals surface area contributed by atoms with Gasteiger partial charge >= 0.3 is 0 Å². The number of benzene rings is 1. The lowest BCUT2D eigenvalue weighted by atomic mass is 10.2. The third-order valence-corrected chi connectivity index (χ3v) is 3.98. The molecule has 0 aliphatic carbocycles. The molecule has 1 atom stereocenters. The van der Waals surface area contributed by atoms with Crippen molar-refractivity contribution in [3.05, 3.63) is 29.8 Å². The highest BCUT2D eigenvalue weighted by Gasteiger charge is 2.34. The molecule has 0 bridgehead atoms. The Bertz CT molecular complexity index is 479. The predicted molar refractivity (Wildman–Crippen MR) is 47.7 cm³/mol. The van der Waals surface area contributed by atoms with Crippen LogP contribution in [0.3, 0.4) is 0 Å². The zero-order valence-corrected chi connectivity index (χ0v) is 7.80. The lowest BCUT2D eigenvalue weighted by Crippen LogP contribution is -2.23. The number of hydrogen-bond acceptors (Lipinski definition) is 3. The minimum absolute atomic E-state index is 0.322. The topological polar surface area (TPSA) is 61.2 Å². The monoisotopic (exact) mass is 196 g/mol. The first-order valence-electron chi connectivity index (χ1n) is 3.71. The molecule has 1 amide bonds. The van der Waals surface area contributed by atoms with Gasteiger partial charge < -0.3 is 0 Å². The molecular formula is C8H8N2O2S. The highest BCUT2D eigenvalue weighted by molar-refractivity contribution is 7.91. The molecule has 1 aliphatic rings. The van der Waals surface area contributed by atoms with Crippen molar-refractivity contribution in [2.45, 2.75) is 4.90 Å². The quantitative estimate of drug-likeness (QED) is 0.675. The SMILES string of the molecule is CN1C(=O)c2ccccc2S1(=N)=O. The highest BCUT2D eigenvalue weighted by Crippen LogP contribution is 2.28. The Labute approximate surface area is 76.3 Å². The summed E-state index contributed by atoms with van der Waals surface area (Å²) in [5.74, 6) is -0.337. The van der Waals surface area contributed by atoms with Crippen LogP contribution >= 0.6 is 0 Å². The van der Waals surface area contributed by atoms with Gasteiger partial charge in [0.25, 0.3) is 5.91 Å². The molecular weight excluding hydrogens is 188 g/mol. The van der Waals surface area contributed by atoms with Gasteiger partial charge in [-0.25, -0.2) is 8.99 Å². The van der Waals surface area contributed by atoms with Crippen molar-refractivity contribution in [3.8, 4) is 0 Å². The maximum absolute atomic E-state index is 11.7. The van der Waals surface area contributed by atoms with Crippen LogP contribution in [-0.4, -0.2) is 21.5 Å². The molecule has 68 valence electrons. The van der Waals surface area contributed by atoms with Crippen molar-refractivity contribution >= 4 is 15.8 Å². The molecule has 4 nitrogen and oxygen atoms in total. The van der Waals surface area contributed by atoms with Crippen molar-refractivity contribution in [2.75, 3.05) is 7.05 Å². The number of carbonyl (C=O) groups is 1. The standard InChI is InChI=1S/C8H8N2O2S/c1-10-8(11)6-4-2-3-5-7(6)13(10,9)12/h2-5,9H,1H3. The average Bonchev–Trinajstić information content (AvgIpc) is 2.30. The van der Waals surface area contributed by atoms with Crippen LogP contribution in [0.4, 0.5) is 0 Å². The second kappa shape index (κ2) is 2.32. The first-order chi connectivity index (χ1) is 6.05. The van der Waals surface area contributed by atoms with E-state index in [1.807, 2.05) is 0 Å². The molecule has 2 rings (SSSR count). The Kier molecular flexibility index (Phi) is 1.47. The molecule has 13 heavy (non-hydrogen) atoms. The number of rotatable bonds is 0. The van der Waals surface area contributed by atoms with Gasteiger partial charge in [-0.05, 0) is 12.1 Å². The van der Waals surface area contributed by atoms with E-state index in [4.69, 9.17) is 4.78 Å². The summed E-state index contributed by atoms with van der Waals surface area (Å²) in [4.78, 5) is 11.8. The summed E-state index contributed by atoms with van der Waals surface area (Å²) in [5.41, 5.74) is 0.380. The second-order valence-electron chi connectivity index (χ2n) is 2.82. The molecule has 0 aromatic heterocycles. The van der Waals surface area contributed by atoms with Gasteiger partial charge in [0.15, 0.2) is 9.92 Å². The van der Waals surface area contributed by atoms with Crippen molar-refractivity contribution in [2.24, 2.45) is 0 Å². The first-order valence-corrected chi connectivity index (χ1v) is 5.22. The summed E-state index contributed by atoms with van der Waals surface area (Å²) in [5, 5.41) is 0. The zero-order valence-electron chi connectivity index (χ0n) is 6.98. The molecule has 1 aromatic rings. The van der Waals surface area contributed by atoms with Gasteiger partial charge in [0.05, 0.1) is 10.5 Å². The van der Waals surface area contributed by atoms with E-state index in [9.17, 15) is 9.00 Å². The molecule has 1 heterocycles. The molecule has 1 aliphatic heterocycles. The van der Waals surface area contributed by atoms with E-state index in [1.54, 1.807) is 24.3 Å². The third kappa shape index (κ3) is 0.904. The van der Waals surface area contributed by atoms with Crippen LogP contribution in [0.5, 0.6) is 0 Å². The van der Waals surface area contributed by atoms with E-state index in [2.05, 4.69) is 0 Å². The lowest BCUT2D eigenvalue weighted by Gasteiger charge is -2.09. The van der Waals surface area contributed by atoms with Crippen molar-refractivity contribution < 1.29 is 9.00 Å². The van der Waals surface area contributed by atoms with Gasteiger partial charge in [-0.1, -0.05) is 12.1 Å². The summed E-state index contributed by atoms with van der Waals surface area (Å²) >= 11 is 0. The van der Waals surface area contributed by atoms with E-state index < -0.39 is 9.92 Å². The minimum atomic E-state index is -3.05. The molecule has 1 N–H and O–H groups in total. The molecule has 5 heteroatoms. The summed E-state index contributed by atoms with van der Waals surface area (Å²) in [6.45, 7) is 0. The van der Waals surface area contributed by atoms with E-state index in [1.165, 1.54) is 7.05 Å². The highest BCUT2D eigenvalue weighted by atomic mass is 32.2. The van der Waals surface area contributed by atoms with E-state index >= 15 is 0 Å². The molecule has 0 spiro atoms. The van der Waals surface area contributed by atoms with E-state index in [0.717, 1.165) is 4.31 Å². The fourth-order valence-electron chi connectivity index (χ4n) is 1.32. The van der Waals surface area contributed by atoms with Gasteiger partial charge in [0, 0.05) is 7.05 Å². The van der Waals surface area contributed by atoms with Gasteiger partial charge in [0.1, 0.15) is 0 Å². The minimum Gasteiger partial charge on any atom is -0.268 e. The van der Waals surface area contributed by atoms with E-state index in [0.29, 0.717) is 10.5 Å². The Morgan fingerprint density at radius 2 is 2.00 bits per heavy atom. The summed E-state index contributed by atoms with van der Waals surface area (Å²) < 4.78 is 20.2. The number of fused-ring (bicyclic) bond motifs is 1. The molecule has 1 unspecified atom stereocenters. The van der Waals surface area contributed by atoms with Crippen LogP contribution in [0.1, 0.15) is 10.4 Å². The predicted octanol–water partition coefficient (Wildman–Crippen LogP) is 1.09. The maximum atomic E-state index is 11.7. The van der Waals surface area contributed by atoms with Gasteiger partial charge in [-0.3, -0.25) is 9.10 Å². The average molecular weight is 196 g/mol. The fraction of sp³-hybridized carbons (Fsp3) is 0.125. The third-order valence-electron chi connectivity index (χ3n) is 2.09. The second-order valence-corrected chi connectivity index (χ2v) is 4.86. The van der Waals surface area contributed by atoms with Crippen molar-refractivity contribution in [1.29, 1.82) is 4.78 Å². The van der Waals surface area contributed by atoms with Crippen LogP contribution in [-0.2, 0) is 9.92 Å². The smallest absolute Gasteiger partial charge is 0.267 e. The van der Waals surface area contributed by atoms with Crippen molar-refractivity contribution in [1.82, 2.24) is 4.31 Å². The van der Waals surface area contributed by atoms with Gasteiger partial charge in [-0.15, -0.1) is 0 Å². The largest absolute Gasteiger partial charge is 0.268 e. The van der Waals surface area contributed by atoms with Gasteiger partial charge in [0.2, 0.25) is 0 Å². The molecule has 0 saturated heterocycles. The summed E-state index contributed by atoms with van der Waals surface area (Å²) in [6, 6.07) is 6.53. The van der Waals surface area contributed by atoms with Crippen molar-refractivity contribution in [3.63, 3.8) is 0 Å². The fourth-order valence-corrected chi connectivity index (χ4v) is 2.66. The Balaban J connectivity index is 2.83. The zero-order chi connectivity index (χ0) is 9.64. The van der Waals surface area contributed by atoms with Gasteiger partial charge in [-0.2, -0.15) is 0 Å². The van der Waals surface area contributed by atoms with Crippen LogP contribution in [0, 0.1) is 4.78 Å². The Hall–Kier alpha value is -1.36. The van der Waals surface area contributed by atoms with Crippen LogP contribution in [0.2, 0.25) is 0 Å². The van der Waals surface area contributed by atoms with Crippen LogP contribution in [0.25, 0.3) is 0 Å².